The average Bonchev–Trinajstić information content (AvgIpc) is 3.28. The molecule has 0 aliphatic rings. The fourth-order valence-electron chi connectivity index (χ4n) is 3.86. The molecule has 0 spiro atoms. The number of esters is 1. The second kappa shape index (κ2) is 11.6. The molecule has 1 atom stereocenters. The summed E-state index contributed by atoms with van der Waals surface area (Å²) in [5, 5.41) is 0.952. The number of carbonyl (C=O) groups excluding carboxylic acids is 1. The van der Waals surface area contributed by atoms with Gasteiger partial charge in [-0.1, -0.05) is 19.1 Å². The maximum Gasteiger partial charge on any atom is 0.343 e. The molecule has 0 aliphatic heterocycles. The van der Waals surface area contributed by atoms with Crippen molar-refractivity contribution in [1.29, 1.82) is 0 Å². The molecule has 0 aliphatic carbocycles. The van der Waals surface area contributed by atoms with Crippen LogP contribution >= 0.6 is 11.3 Å². The molecular weight excluding hydrogens is 508 g/mol. The van der Waals surface area contributed by atoms with Crippen LogP contribution in [-0.2, 0) is 0 Å². The molecule has 7 heteroatoms. The first kappa shape index (κ1) is 28.3. The molecule has 0 amide bonds. The van der Waals surface area contributed by atoms with Crippen LogP contribution in [0.1, 0.15) is 81.9 Å². The van der Waals surface area contributed by atoms with Crippen LogP contribution in [0, 0.1) is 0 Å². The van der Waals surface area contributed by atoms with Crippen LogP contribution in [0.25, 0.3) is 10.2 Å². The minimum absolute atomic E-state index is 0.117. The monoisotopic (exact) mass is 544 g/mol. The lowest BCUT2D eigenvalue weighted by Gasteiger charge is -2.22. The molecule has 0 saturated carbocycles. The number of para-hydroxylation sites is 1. The van der Waals surface area contributed by atoms with E-state index in [0.29, 0.717) is 28.4 Å². The fourth-order valence-corrected chi connectivity index (χ4v) is 4.95. The van der Waals surface area contributed by atoms with E-state index in [4.69, 9.17) is 24.2 Å². The fraction of sp³-hybridized carbons (Fsp3) is 0.344. The Morgan fingerprint density at radius 3 is 2.21 bits per heavy atom. The Hall–Kier alpha value is -3.71. The predicted molar refractivity (Wildman–Crippen MR) is 159 cm³/mol. The predicted octanol–water partition coefficient (Wildman–Crippen LogP) is 8.44. The van der Waals surface area contributed by atoms with Crippen LogP contribution < -0.4 is 14.2 Å². The molecule has 4 rings (SSSR count). The van der Waals surface area contributed by atoms with Crippen LogP contribution in [0.5, 0.6) is 17.2 Å². The first-order chi connectivity index (χ1) is 18.4. The molecule has 1 aromatic heterocycles. The van der Waals surface area contributed by atoms with E-state index >= 15 is 0 Å². The molecule has 3 aromatic carbocycles. The number of ether oxygens (including phenoxy) is 3. The van der Waals surface area contributed by atoms with Gasteiger partial charge in [0.2, 0.25) is 0 Å². The molecule has 1 unspecified atom stereocenters. The third kappa shape index (κ3) is 7.90. The summed E-state index contributed by atoms with van der Waals surface area (Å²) in [6, 6.07) is 20.3. The number of aliphatic imine (C=N–C) groups is 1. The van der Waals surface area contributed by atoms with Crippen LogP contribution in [-0.4, -0.2) is 28.4 Å². The highest BCUT2D eigenvalue weighted by Gasteiger charge is 2.18. The lowest BCUT2D eigenvalue weighted by molar-refractivity contribution is 0.0733. The zero-order valence-electron chi connectivity index (χ0n) is 23.6. The molecule has 204 valence electrons. The first-order valence-electron chi connectivity index (χ1n) is 13.1. The quantitative estimate of drug-likeness (QED) is 0.126. The van der Waals surface area contributed by atoms with Crippen molar-refractivity contribution in [2.24, 2.45) is 4.99 Å². The molecule has 6 nitrogen and oxygen atoms in total. The van der Waals surface area contributed by atoms with Gasteiger partial charge in [0.25, 0.3) is 0 Å². The van der Waals surface area contributed by atoms with E-state index in [2.05, 4.69) is 13.0 Å². The summed E-state index contributed by atoms with van der Waals surface area (Å²) in [6.07, 6.45) is 2.53. The molecular formula is C32H36N2O4S. The average molecular weight is 545 g/mol. The van der Waals surface area contributed by atoms with Crippen molar-refractivity contribution in [3.63, 3.8) is 0 Å². The van der Waals surface area contributed by atoms with Gasteiger partial charge in [-0.2, -0.15) is 0 Å². The van der Waals surface area contributed by atoms with E-state index in [9.17, 15) is 4.79 Å². The van der Waals surface area contributed by atoms with Gasteiger partial charge < -0.3 is 14.2 Å². The lowest BCUT2D eigenvalue weighted by atomic mass is 10.1. The van der Waals surface area contributed by atoms with Crippen molar-refractivity contribution in [3.8, 4) is 17.2 Å². The van der Waals surface area contributed by atoms with Gasteiger partial charge in [-0.15, -0.1) is 11.3 Å². The van der Waals surface area contributed by atoms with Crippen LogP contribution in [0.15, 0.2) is 71.7 Å². The number of carbonyl (C=O) groups is 1. The highest BCUT2D eigenvalue weighted by molar-refractivity contribution is 7.18. The highest BCUT2D eigenvalue weighted by Crippen LogP contribution is 2.32. The largest absolute Gasteiger partial charge is 0.488 e. The van der Waals surface area contributed by atoms with Crippen molar-refractivity contribution < 1.29 is 19.0 Å². The van der Waals surface area contributed by atoms with Gasteiger partial charge in [0.15, 0.2) is 0 Å². The molecule has 0 N–H and O–H groups in total. The second-order valence-electron chi connectivity index (χ2n) is 11.3. The zero-order valence-corrected chi connectivity index (χ0v) is 24.5. The molecule has 1 heterocycles. The summed E-state index contributed by atoms with van der Waals surface area (Å²) in [5.41, 5.74) is 1.35. The van der Waals surface area contributed by atoms with E-state index < -0.39 is 5.97 Å². The molecule has 39 heavy (non-hydrogen) atoms. The van der Waals surface area contributed by atoms with Gasteiger partial charge >= 0.3 is 5.97 Å². The van der Waals surface area contributed by atoms with Crippen LogP contribution in [0.2, 0.25) is 0 Å². The molecule has 4 aromatic rings. The molecule has 0 radical (unpaired) electrons. The van der Waals surface area contributed by atoms with Crippen molar-refractivity contribution in [3.05, 3.63) is 82.9 Å². The number of thiazole rings is 1. The topological polar surface area (TPSA) is 70.0 Å². The van der Waals surface area contributed by atoms with E-state index in [-0.39, 0.29) is 17.2 Å². The maximum atomic E-state index is 13.0. The summed E-state index contributed by atoms with van der Waals surface area (Å²) in [6.45, 7) is 14.0. The van der Waals surface area contributed by atoms with Crippen molar-refractivity contribution in [2.75, 3.05) is 0 Å². The van der Waals surface area contributed by atoms with Crippen molar-refractivity contribution in [2.45, 2.75) is 72.1 Å². The number of hydrogen-bond acceptors (Lipinski definition) is 7. The van der Waals surface area contributed by atoms with Gasteiger partial charge in [0.1, 0.15) is 39.5 Å². The third-order valence-corrected chi connectivity index (χ3v) is 6.64. The Kier molecular flexibility index (Phi) is 8.40. The summed E-state index contributed by atoms with van der Waals surface area (Å²) >= 11 is 1.65. The number of benzene rings is 3. The van der Waals surface area contributed by atoms with E-state index in [1.165, 1.54) is 0 Å². The Morgan fingerprint density at radius 2 is 1.56 bits per heavy atom. The summed E-state index contributed by atoms with van der Waals surface area (Å²) in [7, 11) is 0. The van der Waals surface area contributed by atoms with E-state index in [0.717, 1.165) is 21.6 Å². The van der Waals surface area contributed by atoms with Crippen molar-refractivity contribution in [1.82, 2.24) is 4.98 Å². The number of fused-ring (bicyclic) bond motifs is 1. The van der Waals surface area contributed by atoms with E-state index in [1.807, 2.05) is 65.8 Å². The smallest absolute Gasteiger partial charge is 0.343 e. The van der Waals surface area contributed by atoms with Crippen LogP contribution in [0.4, 0.5) is 0 Å². The number of hydrogen-bond donors (Lipinski definition) is 0. The van der Waals surface area contributed by atoms with Gasteiger partial charge in [0.05, 0.1) is 15.8 Å². The molecule has 0 saturated heterocycles. The Morgan fingerprint density at radius 1 is 0.923 bits per heavy atom. The zero-order chi connectivity index (χ0) is 28.2. The lowest BCUT2D eigenvalue weighted by Crippen LogP contribution is -2.23. The Labute approximate surface area is 234 Å². The molecule has 0 bridgehead atoms. The number of rotatable bonds is 8. The maximum absolute atomic E-state index is 13.0. The van der Waals surface area contributed by atoms with Gasteiger partial charge in [0, 0.05) is 11.8 Å². The van der Waals surface area contributed by atoms with Crippen LogP contribution in [0.3, 0.4) is 0 Å². The van der Waals surface area contributed by atoms with E-state index in [1.54, 1.807) is 53.9 Å². The molecule has 0 fully saturated rings. The van der Waals surface area contributed by atoms with Gasteiger partial charge in [-0.25, -0.2) is 9.78 Å². The Balaban J connectivity index is 1.60. The second-order valence-corrected chi connectivity index (χ2v) is 12.3. The number of aromatic nitrogens is 1. The minimum atomic E-state index is -0.463. The number of nitrogens with zero attached hydrogens (tertiary/aromatic N) is 2. The highest BCUT2D eigenvalue weighted by atomic mass is 32.1. The third-order valence-electron chi connectivity index (χ3n) is 5.50. The summed E-state index contributed by atoms with van der Waals surface area (Å²) in [5.74, 6) is 1.30. The normalized spacial score (nSPS) is 13.0. The standard InChI is InChI=1S/C32H36N2O4S/c1-8-25(29-34-26-11-9-10-12-28(26)39-29)33-20-22-19-24(38-32(5,6)7)17-18-27(22)36-30(35)21-13-15-23(16-14-21)37-31(2,3)4/h9-20,25H,8H2,1-7H3. The van der Waals surface area contributed by atoms with Gasteiger partial charge in [-0.3, -0.25) is 4.99 Å². The van der Waals surface area contributed by atoms with Crippen molar-refractivity contribution >= 4 is 33.7 Å². The SMILES string of the molecule is CCC(N=Cc1cc(OC(C)(C)C)ccc1OC(=O)c1ccc(OC(C)(C)C)cc1)c1nc2ccccc2s1. The summed E-state index contributed by atoms with van der Waals surface area (Å²) < 4.78 is 18.9. The summed E-state index contributed by atoms with van der Waals surface area (Å²) in [4.78, 5) is 22.7. The van der Waals surface area contributed by atoms with Gasteiger partial charge in [-0.05, 0) is 103 Å². The first-order valence-corrected chi connectivity index (χ1v) is 13.9. The minimum Gasteiger partial charge on any atom is -0.488 e. The Bertz CT molecular complexity index is 1430.